The van der Waals surface area contributed by atoms with Gasteiger partial charge in [0.25, 0.3) is 15.9 Å². The van der Waals surface area contributed by atoms with E-state index < -0.39 is 15.9 Å². The van der Waals surface area contributed by atoms with Gasteiger partial charge in [0.1, 0.15) is 17.2 Å². The Morgan fingerprint density at radius 3 is 2.25 bits per heavy atom. The van der Waals surface area contributed by atoms with Crippen LogP contribution in [0.2, 0.25) is 0 Å². The van der Waals surface area contributed by atoms with E-state index in [2.05, 4.69) is 26.0 Å². The molecule has 0 heterocycles. The molecule has 0 saturated carbocycles. The Kier molecular flexibility index (Phi) is 7.60. The largest absolute Gasteiger partial charge is 0.495 e. The fourth-order valence-electron chi connectivity index (χ4n) is 2.75. The summed E-state index contributed by atoms with van der Waals surface area (Å²) in [5.41, 5.74) is 0.485. The summed E-state index contributed by atoms with van der Waals surface area (Å²) in [6, 6.07) is 17.8. The van der Waals surface area contributed by atoms with Gasteiger partial charge in [0.15, 0.2) is 6.61 Å². The molecule has 0 bridgehead atoms. The zero-order chi connectivity index (χ0) is 23.1. The van der Waals surface area contributed by atoms with Crippen LogP contribution in [0.4, 0.5) is 11.4 Å². The van der Waals surface area contributed by atoms with Gasteiger partial charge in [0.05, 0.1) is 30.5 Å². The van der Waals surface area contributed by atoms with Gasteiger partial charge in [-0.3, -0.25) is 9.52 Å². The van der Waals surface area contributed by atoms with Gasteiger partial charge in [-0.1, -0.05) is 28.1 Å². The molecule has 0 aliphatic carbocycles. The lowest BCUT2D eigenvalue weighted by Crippen LogP contribution is -2.21. The predicted molar refractivity (Wildman–Crippen MR) is 125 cm³/mol. The molecule has 3 aromatic carbocycles. The Morgan fingerprint density at radius 2 is 1.56 bits per heavy atom. The number of carbonyl (C=O) groups is 1. The Balaban J connectivity index is 1.76. The molecule has 3 rings (SSSR count). The van der Waals surface area contributed by atoms with Gasteiger partial charge in [0, 0.05) is 4.47 Å². The van der Waals surface area contributed by atoms with Crippen LogP contribution in [-0.4, -0.2) is 35.2 Å². The molecule has 0 aromatic heterocycles. The van der Waals surface area contributed by atoms with Crippen LogP contribution in [0.3, 0.4) is 0 Å². The summed E-state index contributed by atoms with van der Waals surface area (Å²) in [4.78, 5) is 12.3. The topological polar surface area (TPSA) is 103 Å². The summed E-state index contributed by atoms with van der Waals surface area (Å²) in [6.45, 7) is -0.263. The average Bonchev–Trinajstić information content (AvgIpc) is 2.78. The van der Waals surface area contributed by atoms with E-state index in [0.29, 0.717) is 22.9 Å². The molecule has 32 heavy (non-hydrogen) atoms. The van der Waals surface area contributed by atoms with E-state index >= 15 is 0 Å². The normalized spacial score (nSPS) is 10.8. The number of anilines is 2. The number of hydrogen-bond donors (Lipinski definition) is 2. The fourth-order valence-corrected chi connectivity index (χ4v) is 4.11. The van der Waals surface area contributed by atoms with Crippen molar-refractivity contribution in [2.24, 2.45) is 0 Å². The third kappa shape index (κ3) is 5.92. The molecule has 0 aliphatic heterocycles. The number of rotatable bonds is 9. The minimum Gasteiger partial charge on any atom is -0.495 e. The van der Waals surface area contributed by atoms with Crippen LogP contribution < -0.4 is 24.2 Å². The summed E-state index contributed by atoms with van der Waals surface area (Å²) >= 11 is 3.33. The van der Waals surface area contributed by atoms with Gasteiger partial charge >= 0.3 is 0 Å². The van der Waals surface area contributed by atoms with Gasteiger partial charge in [0.2, 0.25) is 0 Å². The maximum absolute atomic E-state index is 12.9. The fraction of sp³-hybridized carbons (Fsp3) is 0.136. The summed E-state index contributed by atoms with van der Waals surface area (Å²) in [5, 5.41) is 2.63. The molecule has 168 valence electrons. The number of halogens is 1. The van der Waals surface area contributed by atoms with Crippen molar-refractivity contribution >= 4 is 43.2 Å². The van der Waals surface area contributed by atoms with Crippen molar-refractivity contribution < 1.29 is 27.4 Å². The molecule has 0 spiro atoms. The van der Waals surface area contributed by atoms with E-state index in [9.17, 15) is 13.2 Å². The van der Waals surface area contributed by atoms with E-state index in [1.54, 1.807) is 48.5 Å². The molecule has 3 aromatic rings. The quantitative estimate of drug-likeness (QED) is 0.436. The van der Waals surface area contributed by atoms with Crippen LogP contribution in [0.1, 0.15) is 0 Å². The van der Waals surface area contributed by atoms with Crippen LogP contribution in [0.5, 0.6) is 17.2 Å². The number of methoxy groups -OCH3 is 2. The van der Waals surface area contributed by atoms with E-state index in [4.69, 9.17) is 14.2 Å². The number of ether oxygens (including phenoxy) is 3. The van der Waals surface area contributed by atoms with E-state index in [1.807, 2.05) is 0 Å². The van der Waals surface area contributed by atoms with Crippen molar-refractivity contribution in [3.63, 3.8) is 0 Å². The van der Waals surface area contributed by atoms with Crippen molar-refractivity contribution in [1.82, 2.24) is 0 Å². The third-order valence-electron chi connectivity index (χ3n) is 4.29. The Hall–Kier alpha value is -3.24. The molecule has 8 nitrogen and oxygen atoms in total. The molecular formula is C22H21BrN2O6S. The van der Waals surface area contributed by atoms with E-state index in [1.165, 1.54) is 32.4 Å². The van der Waals surface area contributed by atoms with Crippen LogP contribution in [-0.2, 0) is 14.8 Å². The summed E-state index contributed by atoms with van der Waals surface area (Å²) in [6.07, 6.45) is 0. The number of sulfonamides is 1. The molecule has 0 atom stereocenters. The van der Waals surface area contributed by atoms with E-state index in [0.717, 1.165) is 4.47 Å². The van der Waals surface area contributed by atoms with Gasteiger partial charge in [-0.25, -0.2) is 8.42 Å². The maximum Gasteiger partial charge on any atom is 0.262 e. The molecule has 2 N–H and O–H groups in total. The van der Waals surface area contributed by atoms with Gasteiger partial charge in [-0.15, -0.1) is 0 Å². The SMILES string of the molecule is COc1ccc(S(=O)(=O)Nc2ccccc2OC)cc1NC(=O)COc1ccc(Br)cc1. The summed E-state index contributed by atoms with van der Waals surface area (Å²) < 4.78 is 45.1. The molecule has 1 amide bonds. The average molecular weight is 521 g/mol. The number of carbonyl (C=O) groups excluding carboxylic acids is 1. The van der Waals surface area contributed by atoms with Crippen molar-refractivity contribution in [3.8, 4) is 17.2 Å². The predicted octanol–water partition coefficient (Wildman–Crippen LogP) is 4.28. The minimum absolute atomic E-state index is 0.0617. The number of amides is 1. The Morgan fingerprint density at radius 1 is 0.906 bits per heavy atom. The lowest BCUT2D eigenvalue weighted by Gasteiger charge is -2.15. The lowest BCUT2D eigenvalue weighted by molar-refractivity contribution is -0.118. The lowest BCUT2D eigenvalue weighted by atomic mass is 10.3. The standard InChI is InChI=1S/C22H21BrN2O6S/c1-29-20-6-4-3-5-18(20)25-32(27,28)17-11-12-21(30-2)19(13-17)24-22(26)14-31-16-9-7-15(23)8-10-16/h3-13,25H,14H2,1-2H3,(H,24,26). The molecule has 10 heteroatoms. The molecule has 0 saturated heterocycles. The molecule has 0 unspecified atom stereocenters. The van der Waals surface area contributed by atoms with Crippen molar-refractivity contribution in [2.45, 2.75) is 4.90 Å². The zero-order valence-electron chi connectivity index (χ0n) is 17.3. The highest BCUT2D eigenvalue weighted by molar-refractivity contribution is 9.10. The molecule has 0 aliphatic rings. The van der Waals surface area contributed by atoms with Crippen molar-refractivity contribution in [2.75, 3.05) is 30.9 Å². The second kappa shape index (κ2) is 10.4. The van der Waals surface area contributed by atoms with Crippen LogP contribution in [0, 0.1) is 0 Å². The number of para-hydroxylation sites is 2. The smallest absolute Gasteiger partial charge is 0.262 e. The highest BCUT2D eigenvalue weighted by Crippen LogP contribution is 2.30. The summed E-state index contributed by atoms with van der Waals surface area (Å²) in [5.74, 6) is 0.729. The van der Waals surface area contributed by atoms with Gasteiger partial charge < -0.3 is 19.5 Å². The second-order valence-electron chi connectivity index (χ2n) is 6.46. The first kappa shape index (κ1) is 23.4. The first-order valence-corrected chi connectivity index (χ1v) is 11.6. The van der Waals surface area contributed by atoms with Crippen molar-refractivity contribution in [1.29, 1.82) is 0 Å². The van der Waals surface area contributed by atoms with Gasteiger partial charge in [-0.05, 0) is 54.6 Å². The molecular weight excluding hydrogens is 500 g/mol. The highest BCUT2D eigenvalue weighted by Gasteiger charge is 2.19. The number of hydrogen-bond acceptors (Lipinski definition) is 6. The highest BCUT2D eigenvalue weighted by atomic mass is 79.9. The first-order chi connectivity index (χ1) is 15.3. The van der Waals surface area contributed by atoms with Crippen LogP contribution in [0.25, 0.3) is 0 Å². The maximum atomic E-state index is 12.9. The van der Waals surface area contributed by atoms with Crippen LogP contribution >= 0.6 is 15.9 Å². The summed E-state index contributed by atoms with van der Waals surface area (Å²) in [7, 11) is -1.09. The number of benzene rings is 3. The minimum atomic E-state index is -3.96. The van der Waals surface area contributed by atoms with Crippen molar-refractivity contribution in [3.05, 3.63) is 71.2 Å². The monoisotopic (exact) mass is 520 g/mol. The number of nitrogens with one attached hydrogen (secondary N) is 2. The first-order valence-electron chi connectivity index (χ1n) is 9.34. The second-order valence-corrected chi connectivity index (χ2v) is 9.06. The molecule has 0 radical (unpaired) electrons. The van der Waals surface area contributed by atoms with Gasteiger partial charge in [-0.2, -0.15) is 0 Å². The zero-order valence-corrected chi connectivity index (χ0v) is 19.7. The Bertz CT molecular complexity index is 1200. The van der Waals surface area contributed by atoms with E-state index in [-0.39, 0.29) is 17.2 Å². The Labute approximate surface area is 194 Å². The van der Waals surface area contributed by atoms with Crippen LogP contribution in [0.15, 0.2) is 76.1 Å². The third-order valence-corrected chi connectivity index (χ3v) is 6.18. The molecule has 0 fully saturated rings.